The molecule has 0 aliphatic carbocycles. The van der Waals surface area contributed by atoms with E-state index in [0.29, 0.717) is 0 Å². The Morgan fingerprint density at radius 3 is 2.78 bits per heavy atom. The molecule has 0 bridgehead atoms. The number of hydrogen-bond donors (Lipinski definition) is 0. The Morgan fingerprint density at radius 2 is 2.56 bits per heavy atom. The lowest BCUT2D eigenvalue weighted by Crippen LogP contribution is -2.01. The molecule has 4 nitrogen and oxygen atoms in total. The Morgan fingerprint density at radius 1 is 1.89 bits per heavy atom. The minimum Gasteiger partial charge on any atom is -0.258 e. The van der Waals surface area contributed by atoms with Gasteiger partial charge in [-0.15, -0.1) is 0 Å². The lowest BCUT2D eigenvalue weighted by Gasteiger charge is -1.82. The molecule has 2 radical (unpaired) electrons. The summed E-state index contributed by atoms with van der Waals surface area (Å²) in [5.74, 6) is 0. The summed E-state index contributed by atoms with van der Waals surface area (Å²) >= 11 is 0.919. The van der Waals surface area contributed by atoms with E-state index >= 15 is 0 Å². The van der Waals surface area contributed by atoms with Gasteiger partial charge in [0.25, 0.3) is 5.69 Å². The number of nitrogens with zero attached hydrogens (tertiary/aromatic N) is 2. The van der Waals surface area contributed by atoms with Crippen LogP contribution in [0.5, 0.6) is 0 Å². The summed E-state index contributed by atoms with van der Waals surface area (Å²) in [7, 11) is 5.16. The molecule has 6 heteroatoms. The molecule has 0 aliphatic heterocycles. The maximum atomic E-state index is 9.98. The summed E-state index contributed by atoms with van der Waals surface area (Å²) in [5, 5.41) is 9.98. The van der Waals surface area contributed by atoms with Gasteiger partial charge in [0.2, 0.25) is 0 Å². The van der Waals surface area contributed by atoms with E-state index in [-0.39, 0.29) is 10.5 Å². The van der Waals surface area contributed by atoms with Crippen molar-refractivity contribution in [3.8, 4) is 0 Å². The summed E-state index contributed by atoms with van der Waals surface area (Å²) in [6.45, 7) is 0. The summed E-state index contributed by atoms with van der Waals surface area (Å²) in [6, 6.07) is 0. The Hall–Kier alpha value is -0.905. The van der Waals surface area contributed by atoms with Crippen molar-refractivity contribution in [2.45, 2.75) is 0 Å². The fraction of sp³-hybridized carbons (Fsp3) is 0. The van der Waals surface area contributed by atoms with Crippen LogP contribution in [-0.2, 0) is 0 Å². The quantitative estimate of drug-likeness (QED) is 0.309. The second kappa shape index (κ2) is 2.14. The van der Waals surface area contributed by atoms with Crippen LogP contribution in [0, 0.1) is 10.1 Å². The van der Waals surface area contributed by atoms with Crippen molar-refractivity contribution in [2.75, 3.05) is 0 Å². The van der Waals surface area contributed by atoms with Crippen LogP contribution in [0.4, 0.5) is 5.69 Å². The highest BCUT2D eigenvalue weighted by molar-refractivity contribution is 7.15. The highest BCUT2D eigenvalue weighted by Crippen LogP contribution is 2.05. The standard InChI is InChI=1S/C3HBN2O2S/c4-3-2(6(7)8)1-5-9-3/h1H. The van der Waals surface area contributed by atoms with Crippen LogP contribution in [0.25, 0.3) is 0 Å². The van der Waals surface area contributed by atoms with Crippen LogP contribution in [-0.4, -0.2) is 17.1 Å². The van der Waals surface area contributed by atoms with Crippen molar-refractivity contribution < 1.29 is 4.92 Å². The molecule has 0 atom stereocenters. The first-order valence-electron chi connectivity index (χ1n) is 2.06. The van der Waals surface area contributed by atoms with Crippen LogP contribution < -0.4 is 4.78 Å². The van der Waals surface area contributed by atoms with Crippen LogP contribution >= 0.6 is 11.5 Å². The zero-order valence-corrected chi connectivity index (χ0v) is 5.09. The second-order valence-electron chi connectivity index (χ2n) is 1.33. The fourth-order valence-corrected chi connectivity index (χ4v) is 0.867. The van der Waals surface area contributed by atoms with Crippen molar-refractivity contribution in [2.24, 2.45) is 0 Å². The van der Waals surface area contributed by atoms with Crippen LogP contribution in [0.2, 0.25) is 0 Å². The SMILES string of the molecule is [B]c1sncc1[N+](=O)[O-]. The van der Waals surface area contributed by atoms with Gasteiger partial charge in [-0.05, 0) is 11.5 Å². The van der Waals surface area contributed by atoms with E-state index in [1.54, 1.807) is 0 Å². The van der Waals surface area contributed by atoms with Gasteiger partial charge in [-0.2, -0.15) is 4.37 Å². The molecular formula is C3HBN2O2S. The lowest BCUT2D eigenvalue weighted by atomic mass is 10.1. The summed E-state index contributed by atoms with van der Waals surface area (Å²) in [6.07, 6.45) is 1.14. The second-order valence-corrected chi connectivity index (χ2v) is 2.17. The molecule has 0 amide bonds. The number of hydrogen-bond acceptors (Lipinski definition) is 4. The van der Waals surface area contributed by atoms with Crippen LogP contribution in [0.1, 0.15) is 0 Å². The molecule has 9 heavy (non-hydrogen) atoms. The first-order valence-corrected chi connectivity index (χ1v) is 2.83. The number of nitro groups is 1. The Balaban J connectivity index is 3.08. The van der Waals surface area contributed by atoms with Gasteiger partial charge in [-0.3, -0.25) is 10.1 Å². The molecule has 0 unspecified atom stereocenters. The monoisotopic (exact) mass is 140 g/mol. The Kier molecular flexibility index (Phi) is 1.48. The maximum Gasteiger partial charge on any atom is 0.292 e. The van der Waals surface area contributed by atoms with E-state index in [2.05, 4.69) is 4.37 Å². The van der Waals surface area contributed by atoms with Crippen molar-refractivity contribution >= 4 is 29.8 Å². The first kappa shape index (κ1) is 6.22. The van der Waals surface area contributed by atoms with Gasteiger partial charge in [-0.25, -0.2) is 0 Å². The van der Waals surface area contributed by atoms with Gasteiger partial charge in [0.15, 0.2) is 0 Å². The molecule has 0 fully saturated rings. The van der Waals surface area contributed by atoms with Gasteiger partial charge in [0.05, 0.1) is 4.92 Å². The van der Waals surface area contributed by atoms with Crippen molar-refractivity contribution in [1.82, 2.24) is 4.37 Å². The van der Waals surface area contributed by atoms with Crippen molar-refractivity contribution in [1.29, 1.82) is 0 Å². The Bertz CT molecular complexity index is 235. The molecule has 0 saturated carbocycles. The molecule has 1 aromatic heterocycles. The van der Waals surface area contributed by atoms with E-state index in [0.717, 1.165) is 17.7 Å². The highest BCUT2D eigenvalue weighted by atomic mass is 32.1. The molecule has 1 heterocycles. The summed E-state index contributed by atoms with van der Waals surface area (Å²) < 4.78 is 3.67. The molecule has 0 aromatic carbocycles. The minimum absolute atomic E-state index is 0.111. The maximum absolute atomic E-state index is 9.98. The average molecular weight is 140 g/mol. The van der Waals surface area contributed by atoms with Gasteiger partial charge in [0.1, 0.15) is 14.0 Å². The third kappa shape index (κ3) is 1.07. The molecular weight excluding hydrogens is 139 g/mol. The van der Waals surface area contributed by atoms with E-state index in [1.165, 1.54) is 0 Å². The predicted molar refractivity (Wildman–Crippen MR) is 34.2 cm³/mol. The van der Waals surface area contributed by atoms with E-state index < -0.39 is 4.92 Å². The van der Waals surface area contributed by atoms with E-state index in [4.69, 9.17) is 7.85 Å². The van der Waals surface area contributed by atoms with Gasteiger partial charge >= 0.3 is 0 Å². The van der Waals surface area contributed by atoms with Crippen LogP contribution in [0.15, 0.2) is 6.20 Å². The molecule has 0 aliphatic rings. The summed E-state index contributed by atoms with van der Waals surface area (Å²) in [4.78, 5) is 9.42. The first-order chi connectivity index (χ1) is 4.22. The zero-order chi connectivity index (χ0) is 6.85. The molecule has 0 N–H and O–H groups in total. The van der Waals surface area contributed by atoms with Gasteiger partial charge in [0, 0.05) is 4.78 Å². The molecule has 1 rings (SSSR count). The van der Waals surface area contributed by atoms with Gasteiger partial charge in [-0.1, -0.05) is 0 Å². The smallest absolute Gasteiger partial charge is 0.258 e. The fourth-order valence-electron chi connectivity index (χ4n) is 0.381. The zero-order valence-electron chi connectivity index (χ0n) is 4.27. The normalized spacial score (nSPS) is 9.33. The third-order valence-corrected chi connectivity index (χ3v) is 1.39. The molecule has 44 valence electrons. The highest BCUT2D eigenvalue weighted by Gasteiger charge is 2.10. The van der Waals surface area contributed by atoms with Crippen molar-refractivity contribution in [3.63, 3.8) is 0 Å². The van der Waals surface area contributed by atoms with E-state index in [9.17, 15) is 10.1 Å². The molecule has 0 saturated heterocycles. The van der Waals surface area contributed by atoms with Crippen molar-refractivity contribution in [3.05, 3.63) is 16.3 Å². The topological polar surface area (TPSA) is 56.0 Å². The molecule has 1 aromatic rings. The van der Waals surface area contributed by atoms with Crippen LogP contribution in [0.3, 0.4) is 0 Å². The minimum atomic E-state index is -0.557. The largest absolute Gasteiger partial charge is 0.292 e. The predicted octanol–water partition coefficient (Wildman–Crippen LogP) is -0.155. The van der Waals surface area contributed by atoms with Gasteiger partial charge < -0.3 is 0 Å². The molecule has 0 spiro atoms. The summed E-state index contributed by atoms with van der Waals surface area (Å²) in [5.41, 5.74) is -0.111. The Labute approximate surface area is 56.2 Å². The third-order valence-electron chi connectivity index (χ3n) is 0.775. The number of aromatic nitrogens is 1. The number of rotatable bonds is 1. The van der Waals surface area contributed by atoms with E-state index in [1.807, 2.05) is 0 Å². The average Bonchev–Trinajstić information content (AvgIpc) is 2.13. The lowest BCUT2D eigenvalue weighted by molar-refractivity contribution is -0.383.